The second-order valence-electron chi connectivity index (χ2n) is 4.83. The molecule has 2 aliphatic rings. The number of nitrogens with zero attached hydrogens (tertiary/aromatic N) is 1. The zero-order valence-electron chi connectivity index (χ0n) is 9.48. The van der Waals surface area contributed by atoms with Crippen LogP contribution in [0, 0.1) is 0 Å². The van der Waals surface area contributed by atoms with E-state index < -0.39 is 0 Å². The molecule has 0 aliphatic carbocycles. The fourth-order valence-corrected chi connectivity index (χ4v) is 2.61. The number of nitrogens with one attached hydrogen (secondary N) is 1. The Labute approximate surface area is 98.6 Å². The number of β-amino-alcohol motifs (C(OH)–C–C–N with tert-alkyl or cyclic N) is 1. The number of rotatable bonds is 2. The van der Waals surface area contributed by atoms with Crippen molar-refractivity contribution in [1.29, 1.82) is 0 Å². The quantitative estimate of drug-likeness (QED) is 0.749. The molecule has 2 aliphatic heterocycles. The van der Waals surface area contributed by atoms with E-state index in [-0.39, 0.29) is 18.5 Å². The van der Waals surface area contributed by atoms with E-state index in [0.717, 1.165) is 25.9 Å². The maximum atomic E-state index is 9.61. The van der Waals surface area contributed by atoms with Gasteiger partial charge in [0.15, 0.2) is 0 Å². The molecule has 3 nitrogen and oxygen atoms in total. The highest BCUT2D eigenvalue weighted by atomic mass is 35.5. The van der Waals surface area contributed by atoms with Crippen LogP contribution in [0.2, 0.25) is 0 Å². The smallest absolute Gasteiger partial charge is 0.0667 e. The number of hydrogen-bond donors (Lipinski definition) is 2. The van der Waals surface area contributed by atoms with E-state index in [9.17, 15) is 5.11 Å². The Bertz CT molecular complexity index is 185. The summed E-state index contributed by atoms with van der Waals surface area (Å²) in [4.78, 5) is 2.44. The Balaban J connectivity index is 0.00000112. The van der Waals surface area contributed by atoms with Gasteiger partial charge in [-0.2, -0.15) is 0 Å². The van der Waals surface area contributed by atoms with Crippen molar-refractivity contribution in [2.75, 3.05) is 19.6 Å². The van der Waals surface area contributed by atoms with Crippen LogP contribution in [0.25, 0.3) is 0 Å². The number of hydrogen-bond acceptors (Lipinski definition) is 3. The van der Waals surface area contributed by atoms with Crippen molar-refractivity contribution in [3.8, 4) is 0 Å². The number of aliphatic hydroxyl groups is 1. The SMILES string of the molecule is C[C@H]1CC[C@H](O)CN1C[C@@H]1CCCN1.Cl. The molecule has 0 bridgehead atoms. The van der Waals surface area contributed by atoms with Crippen LogP contribution in [0.15, 0.2) is 0 Å². The molecular formula is C11H23ClN2O. The van der Waals surface area contributed by atoms with Gasteiger partial charge >= 0.3 is 0 Å². The summed E-state index contributed by atoms with van der Waals surface area (Å²) in [6, 6.07) is 1.32. The molecule has 0 aromatic heterocycles. The highest BCUT2D eigenvalue weighted by Crippen LogP contribution is 2.18. The average molecular weight is 235 g/mol. The number of aliphatic hydroxyl groups excluding tert-OH is 1. The minimum atomic E-state index is -0.0902. The molecule has 2 rings (SSSR count). The molecule has 0 aromatic carbocycles. The van der Waals surface area contributed by atoms with E-state index in [4.69, 9.17) is 0 Å². The van der Waals surface area contributed by atoms with E-state index in [1.54, 1.807) is 0 Å². The first-order valence-corrected chi connectivity index (χ1v) is 5.91. The summed E-state index contributed by atoms with van der Waals surface area (Å²) in [6.07, 6.45) is 4.66. The van der Waals surface area contributed by atoms with E-state index in [1.807, 2.05) is 0 Å². The lowest BCUT2D eigenvalue weighted by molar-refractivity contribution is 0.0367. The summed E-state index contributed by atoms with van der Waals surface area (Å²) in [5.74, 6) is 0. The lowest BCUT2D eigenvalue weighted by atomic mass is 10.0. The first kappa shape index (κ1) is 13.2. The lowest BCUT2D eigenvalue weighted by Gasteiger charge is -2.37. The minimum absolute atomic E-state index is 0. The van der Waals surface area contributed by atoms with E-state index in [0.29, 0.717) is 12.1 Å². The highest BCUT2D eigenvalue weighted by molar-refractivity contribution is 5.85. The molecule has 2 fully saturated rings. The first-order valence-electron chi connectivity index (χ1n) is 5.91. The van der Waals surface area contributed by atoms with Crippen molar-refractivity contribution in [3.05, 3.63) is 0 Å². The summed E-state index contributed by atoms with van der Waals surface area (Å²) < 4.78 is 0. The average Bonchev–Trinajstić information content (AvgIpc) is 2.64. The first-order chi connectivity index (χ1) is 6.75. The van der Waals surface area contributed by atoms with Crippen LogP contribution in [0.4, 0.5) is 0 Å². The van der Waals surface area contributed by atoms with Crippen LogP contribution in [-0.2, 0) is 0 Å². The predicted molar refractivity (Wildman–Crippen MR) is 64.5 cm³/mol. The van der Waals surface area contributed by atoms with E-state index >= 15 is 0 Å². The van der Waals surface area contributed by atoms with Crippen molar-refractivity contribution in [2.24, 2.45) is 0 Å². The standard InChI is InChI=1S/C11H22N2O.ClH/c1-9-4-5-11(14)8-13(9)7-10-3-2-6-12-10;/h9-12,14H,2-8H2,1H3;1H/t9-,10-,11-;/m0./s1. The van der Waals surface area contributed by atoms with Crippen molar-refractivity contribution in [1.82, 2.24) is 10.2 Å². The molecule has 3 atom stereocenters. The van der Waals surface area contributed by atoms with Gasteiger partial charge in [-0.25, -0.2) is 0 Å². The van der Waals surface area contributed by atoms with Crippen LogP contribution in [0.3, 0.4) is 0 Å². The molecule has 0 radical (unpaired) electrons. The maximum Gasteiger partial charge on any atom is 0.0667 e. The molecule has 2 saturated heterocycles. The molecule has 0 spiro atoms. The van der Waals surface area contributed by atoms with Crippen LogP contribution in [0.1, 0.15) is 32.6 Å². The van der Waals surface area contributed by atoms with Gasteiger partial charge < -0.3 is 10.4 Å². The van der Waals surface area contributed by atoms with E-state index in [2.05, 4.69) is 17.1 Å². The van der Waals surface area contributed by atoms with Gasteiger partial charge in [0.05, 0.1) is 6.10 Å². The lowest BCUT2D eigenvalue weighted by Crippen LogP contribution is -2.48. The summed E-state index contributed by atoms with van der Waals surface area (Å²) in [5, 5.41) is 13.1. The van der Waals surface area contributed by atoms with Crippen molar-refractivity contribution < 1.29 is 5.11 Å². The summed E-state index contributed by atoms with van der Waals surface area (Å²) in [7, 11) is 0. The number of piperidine rings is 1. The normalized spacial score (nSPS) is 37.6. The molecule has 4 heteroatoms. The van der Waals surface area contributed by atoms with Crippen molar-refractivity contribution in [2.45, 2.75) is 50.8 Å². The van der Waals surface area contributed by atoms with Crippen molar-refractivity contribution >= 4 is 12.4 Å². The van der Waals surface area contributed by atoms with Gasteiger partial charge in [0.25, 0.3) is 0 Å². The van der Waals surface area contributed by atoms with Gasteiger partial charge in [0.1, 0.15) is 0 Å². The zero-order valence-corrected chi connectivity index (χ0v) is 10.3. The fraction of sp³-hybridized carbons (Fsp3) is 1.00. The Morgan fingerprint density at radius 2 is 2.13 bits per heavy atom. The molecule has 2 N–H and O–H groups in total. The summed E-state index contributed by atoms with van der Waals surface area (Å²) in [5.41, 5.74) is 0. The molecule has 0 amide bonds. The molecular weight excluding hydrogens is 212 g/mol. The van der Waals surface area contributed by atoms with Gasteiger partial charge in [-0.15, -0.1) is 12.4 Å². The number of likely N-dealkylation sites (tertiary alicyclic amines) is 1. The van der Waals surface area contributed by atoms with Gasteiger partial charge in [0.2, 0.25) is 0 Å². The third-order valence-electron chi connectivity index (χ3n) is 3.60. The number of halogens is 1. The van der Waals surface area contributed by atoms with Gasteiger partial charge in [-0.3, -0.25) is 4.90 Å². The summed E-state index contributed by atoms with van der Waals surface area (Å²) >= 11 is 0. The third kappa shape index (κ3) is 3.59. The Morgan fingerprint density at radius 3 is 2.80 bits per heavy atom. The van der Waals surface area contributed by atoms with Crippen molar-refractivity contribution in [3.63, 3.8) is 0 Å². The Morgan fingerprint density at radius 1 is 1.33 bits per heavy atom. The molecule has 0 aromatic rings. The maximum absolute atomic E-state index is 9.61. The summed E-state index contributed by atoms with van der Waals surface area (Å²) in [6.45, 7) is 5.45. The monoisotopic (exact) mass is 234 g/mol. The van der Waals surface area contributed by atoms with Crippen LogP contribution in [0.5, 0.6) is 0 Å². The topological polar surface area (TPSA) is 35.5 Å². The Kier molecular flexibility index (Phi) is 5.33. The second-order valence-corrected chi connectivity index (χ2v) is 4.83. The molecule has 15 heavy (non-hydrogen) atoms. The van der Waals surface area contributed by atoms with Gasteiger partial charge in [-0.1, -0.05) is 0 Å². The fourth-order valence-electron chi connectivity index (χ4n) is 2.61. The molecule has 0 saturated carbocycles. The van der Waals surface area contributed by atoms with Gasteiger partial charge in [0, 0.05) is 25.2 Å². The molecule has 2 heterocycles. The molecule has 90 valence electrons. The van der Waals surface area contributed by atoms with Crippen LogP contribution >= 0.6 is 12.4 Å². The van der Waals surface area contributed by atoms with E-state index in [1.165, 1.54) is 19.4 Å². The van der Waals surface area contributed by atoms with Crippen LogP contribution < -0.4 is 5.32 Å². The Hall–Kier alpha value is 0.170. The van der Waals surface area contributed by atoms with Gasteiger partial charge in [-0.05, 0) is 39.2 Å². The minimum Gasteiger partial charge on any atom is -0.392 e. The third-order valence-corrected chi connectivity index (χ3v) is 3.60. The predicted octanol–water partition coefficient (Wildman–Crippen LogP) is 1.01. The highest BCUT2D eigenvalue weighted by Gasteiger charge is 2.26. The largest absolute Gasteiger partial charge is 0.392 e. The molecule has 0 unspecified atom stereocenters. The second kappa shape index (κ2) is 6.04. The zero-order chi connectivity index (χ0) is 9.97. The van der Waals surface area contributed by atoms with Crippen LogP contribution in [-0.4, -0.2) is 47.8 Å².